The average molecular weight is 539 g/mol. The van der Waals surface area contributed by atoms with Gasteiger partial charge in [-0.3, -0.25) is 19.4 Å². The van der Waals surface area contributed by atoms with Gasteiger partial charge in [-0.1, -0.05) is 60.7 Å². The molecule has 4 aromatic rings. The van der Waals surface area contributed by atoms with E-state index < -0.39 is 11.8 Å². The van der Waals surface area contributed by atoms with E-state index in [1.165, 1.54) is 29.1 Å². The number of hydrogen-bond acceptors (Lipinski definition) is 5. The highest BCUT2D eigenvalue weighted by Crippen LogP contribution is 2.33. The molecule has 1 aliphatic rings. The maximum atomic E-state index is 14.0. The number of anilines is 2. The van der Waals surface area contributed by atoms with Crippen molar-refractivity contribution in [3.63, 3.8) is 0 Å². The molecule has 0 radical (unpaired) electrons. The Labute approximate surface area is 230 Å². The van der Waals surface area contributed by atoms with Gasteiger partial charge in [-0.2, -0.15) is 0 Å². The van der Waals surface area contributed by atoms with Crippen LogP contribution in [0.3, 0.4) is 0 Å². The second kappa shape index (κ2) is 11.3. The summed E-state index contributed by atoms with van der Waals surface area (Å²) in [6.45, 7) is 0.00988. The number of rotatable bonds is 7. The summed E-state index contributed by atoms with van der Waals surface area (Å²) in [4.78, 5) is 30.0. The minimum absolute atomic E-state index is 0.00988. The first-order valence-electron chi connectivity index (χ1n) is 12.1. The Balaban J connectivity index is 1.51. The fourth-order valence-corrected chi connectivity index (χ4v) is 4.55. The molecule has 0 aromatic heterocycles. The Morgan fingerprint density at radius 1 is 0.769 bits per heavy atom. The van der Waals surface area contributed by atoms with Crippen molar-refractivity contribution >= 4 is 46.6 Å². The van der Waals surface area contributed by atoms with Gasteiger partial charge in [-0.05, 0) is 66.3 Å². The van der Waals surface area contributed by atoms with E-state index in [0.717, 1.165) is 0 Å². The summed E-state index contributed by atoms with van der Waals surface area (Å²) < 4.78 is 25.3. The molecule has 1 heterocycles. The number of carbonyl (C=O) groups excluding carboxylic acids is 2. The molecule has 0 unspecified atom stereocenters. The molecule has 8 heteroatoms. The van der Waals surface area contributed by atoms with Crippen molar-refractivity contribution in [1.82, 2.24) is 0 Å². The molecular formula is C31H23FN2O4S. The highest BCUT2D eigenvalue weighted by molar-refractivity contribution is 7.81. The number of thiocarbonyl (C=S) groups is 1. The number of ether oxygens (including phenoxy) is 2. The highest BCUT2D eigenvalue weighted by atomic mass is 32.1. The molecule has 194 valence electrons. The van der Waals surface area contributed by atoms with Crippen LogP contribution in [0.4, 0.5) is 15.8 Å². The topological polar surface area (TPSA) is 59.1 Å². The predicted molar refractivity (Wildman–Crippen MR) is 152 cm³/mol. The number of amides is 2. The van der Waals surface area contributed by atoms with E-state index in [4.69, 9.17) is 21.7 Å². The Morgan fingerprint density at radius 3 is 1.90 bits per heavy atom. The minimum atomic E-state index is -0.540. The fourth-order valence-electron chi connectivity index (χ4n) is 4.17. The van der Waals surface area contributed by atoms with Crippen molar-refractivity contribution in [3.05, 3.63) is 126 Å². The first-order chi connectivity index (χ1) is 19.0. The van der Waals surface area contributed by atoms with Crippen molar-refractivity contribution in [1.29, 1.82) is 0 Å². The number of hydrogen-bond donors (Lipinski definition) is 0. The lowest BCUT2D eigenvalue weighted by atomic mass is 10.0. The van der Waals surface area contributed by atoms with E-state index in [-0.39, 0.29) is 23.1 Å². The van der Waals surface area contributed by atoms with Gasteiger partial charge in [0.1, 0.15) is 18.0 Å². The van der Waals surface area contributed by atoms with E-state index in [2.05, 4.69) is 0 Å². The molecule has 0 saturated carbocycles. The monoisotopic (exact) mass is 538 g/mol. The SMILES string of the molecule is COc1cc(C=C2C(=O)N(c3ccccc3)C(=S)N(c3ccccc3)C2=O)ccc1OCc1ccccc1F. The van der Waals surface area contributed by atoms with Crippen LogP contribution in [0.2, 0.25) is 0 Å². The van der Waals surface area contributed by atoms with Crippen LogP contribution < -0.4 is 19.3 Å². The number of benzene rings is 4. The van der Waals surface area contributed by atoms with Crippen molar-refractivity contribution in [2.45, 2.75) is 6.61 Å². The van der Waals surface area contributed by atoms with Crippen LogP contribution in [0.5, 0.6) is 11.5 Å². The van der Waals surface area contributed by atoms with Crippen LogP contribution in [0.25, 0.3) is 6.08 Å². The van der Waals surface area contributed by atoms with Crippen LogP contribution in [0.1, 0.15) is 11.1 Å². The van der Waals surface area contributed by atoms with Gasteiger partial charge in [0.15, 0.2) is 16.6 Å². The maximum absolute atomic E-state index is 14.0. The van der Waals surface area contributed by atoms with Crippen LogP contribution in [0, 0.1) is 5.82 Å². The Kier molecular flexibility index (Phi) is 7.47. The number of carbonyl (C=O) groups is 2. The van der Waals surface area contributed by atoms with Crippen molar-refractivity contribution < 1.29 is 23.5 Å². The summed E-state index contributed by atoms with van der Waals surface area (Å²) in [5.41, 5.74) is 1.96. The maximum Gasteiger partial charge on any atom is 0.270 e. The van der Waals surface area contributed by atoms with E-state index in [1.807, 2.05) is 12.1 Å². The van der Waals surface area contributed by atoms with Crippen LogP contribution >= 0.6 is 12.2 Å². The minimum Gasteiger partial charge on any atom is -0.493 e. The second-order valence-electron chi connectivity index (χ2n) is 8.58. The summed E-state index contributed by atoms with van der Waals surface area (Å²) in [6.07, 6.45) is 1.50. The van der Waals surface area contributed by atoms with Gasteiger partial charge < -0.3 is 9.47 Å². The molecule has 1 fully saturated rings. The van der Waals surface area contributed by atoms with Gasteiger partial charge in [-0.25, -0.2) is 4.39 Å². The van der Waals surface area contributed by atoms with Crippen LogP contribution in [-0.4, -0.2) is 24.0 Å². The molecule has 5 rings (SSSR count). The Bertz CT molecular complexity index is 1510. The van der Waals surface area contributed by atoms with Gasteiger partial charge >= 0.3 is 0 Å². The predicted octanol–water partition coefficient (Wildman–Crippen LogP) is 6.16. The summed E-state index contributed by atoms with van der Waals surface area (Å²) in [6, 6.07) is 29.2. The molecule has 1 saturated heterocycles. The molecule has 0 aliphatic carbocycles. The molecule has 6 nitrogen and oxygen atoms in total. The normalized spacial score (nSPS) is 13.5. The second-order valence-corrected chi connectivity index (χ2v) is 8.95. The average Bonchev–Trinajstić information content (AvgIpc) is 2.96. The largest absolute Gasteiger partial charge is 0.493 e. The lowest BCUT2D eigenvalue weighted by Gasteiger charge is -2.36. The standard InChI is InChI=1S/C31H23FN2O4S/c1-37-28-19-21(16-17-27(28)38-20-22-10-8-9-15-26(22)32)18-25-29(35)33(23-11-4-2-5-12-23)31(39)34(30(25)36)24-13-6-3-7-14-24/h2-19H,20H2,1H3. The number of halogens is 1. The summed E-state index contributed by atoms with van der Waals surface area (Å²) in [5, 5.41) is 0.0639. The fraction of sp³-hybridized carbons (Fsp3) is 0.0645. The van der Waals surface area contributed by atoms with Gasteiger partial charge in [0.05, 0.1) is 18.5 Å². The summed E-state index contributed by atoms with van der Waals surface area (Å²) in [7, 11) is 1.48. The molecule has 39 heavy (non-hydrogen) atoms. The van der Waals surface area contributed by atoms with Gasteiger partial charge in [0, 0.05) is 5.56 Å². The zero-order valence-electron chi connectivity index (χ0n) is 20.9. The van der Waals surface area contributed by atoms with E-state index >= 15 is 0 Å². The molecular weight excluding hydrogens is 515 g/mol. The molecule has 4 aromatic carbocycles. The van der Waals surface area contributed by atoms with E-state index in [1.54, 1.807) is 84.9 Å². The number of methoxy groups -OCH3 is 1. The third-order valence-corrected chi connectivity index (χ3v) is 6.48. The van der Waals surface area contributed by atoms with Gasteiger partial charge in [-0.15, -0.1) is 0 Å². The third kappa shape index (κ3) is 5.28. The summed E-state index contributed by atoms with van der Waals surface area (Å²) in [5.74, 6) is -0.686. The van der Waals surface area contributed by atoms with Crippen LogP contribution in [0.15, 0.2) is 109 Å². The molecule has 0 N–H and O–H groups in total. The smallest absolute Gasteiger partial charge is 0.270 e. The Morgan fingerprint density at radius 2 is 1.33 bits per heavy atom. The van der Waals surface area contributed by atoms with Crippen molar-refractivity contribution in [3.8, 4) is 11.5 Å². The molecule has 0 atom stereocenters. The molecule has 2 amide bonds. The van der Waals surface area contributed by atoms with Gasteiger partial charge in [0.25, 0.3) is 11.8 Å². The highest BCUT2D eigenvalue weighted by Gasteiger charge is 2.41. The zero-order chi connectivity index (χ0) is 27.4. The zero-order valence-corrected chi connectivity index (χ0v) is 21.7. The van der Waals surface area contributed by atoms with Gasteiger partial charge in [0.2, 0.25) is 0 Å². The van der Waals surface area contributed by atoms with Crippen molar-refractivity contribution in [2.75, 3.05) is 16.9 Å². The number of nitrogens with zero attached hydrogens (tertiary/aromatic N) is 2. The molecule has 0 bridgehead atoms. The number of para-hydroxylation sites is 2. The van der Waals surface area contributed by atoms with E-state index in [0.29, 0.717) is 34.0 Å². The Hall–Kier alpha value is -4.82. The molecule has 1 aliphatic heterocycles. The lowest BCUT2D eigenvalue weighted by Crippen LogP contribution is -2.56. The first kappa shape index (κ1) is 25.8. The first-order valence-corrected chi connectivity index (χ1v) is 12.5. The van der Waals surface area contributed by atoms with E-state index in [9.17, 15) is 14.0 Å². The van der Waals surface area contributed by atoms with Crippen molar-refractivity contribution in [2.24, 2.45) is 0 Å². The lowest BCUT2D eigenvalue weighted by molar-refractivity contribution is -0.120. The van der Waals surface area contributed by atoms with Crippen LogP contribution in [-0.2, 0) is 16.2 Å². The molecule has 0 spiro atoms. The summed E-state index contributed by atoms with van der Waals surface area (Å²) >= 11 is 5.64. The third-order valence-electron chi connectivity index (χ3n) is 6.12. The quantitative estimate of drug-likeness (QED) is 0.160.